The monoisotopic (exact) mass is 377 g/mol. The number of carbonyl (C=O) groups is 1. The average Bonchev–Trinajstić information content (AvgIpc) is 3.17. The van der Waals surface area contributed by atoms with Gasteiger partial charge in [-0.3, -0.25) is 4.79 Å². The zero-order valence-corrected chi connectivity index (χ0v) is 15.0. The molecule has 0 bridgehead atoms. The molecule has 0 atom stereocenters. The van der Waals surface area contributed by atoms with E-state index in [1.165, 1.54) is 11.3 Å². The van der Waals surface area contributed by atoms with Crippen molar-refractivity contribution < 1.29 is 9.32 Å². The summed E-state index contributed by atoms with van der Waals surface area (Å²) in [6.07, 6.45) is 1.43. The van der Waals surface area contributed by atoms with E-state index in [9.17, 15) is 4.79 Å². The summed E-state index contributed by atoms with van der Waals surface area (Å²) >= 11 is 7.56. The van der Waals surface area contributed by atoms with Gasteiger partial charge < -0.3 is 15.6 Å². The van der Waals surface area contributed by atoms with Gasteiger partial charge in [0.05, 0.1) is 5.02 Å². The first-order valence-corrected chi connectivity index (χ1v) is 8.83. The maximum atomic E-state index is 12.5. The summed E-state index contributed by atoms with van der Waals surface area (Å²) in [6, 6.07) is 7.20. The van der Waals surface area contributed by atoms with Crippen LogP contribution in [0.2, 0.25) is 5.02 Å². The lowest BCUT2D eigenvalue weighted by Crippen LogP contribution is -2.25. The van der Waals surface area contributed by atoms with Crippen LogP contribution in [0.1, 0.15) is 27.5 Å². The molecule has 0 radical (unpaired) electrons. The molecule has 0 unspecified atom stereocenters. The summed E-state index contributed by atoms with van der Waals surface area (Å²) in [5.41, 5.74) is 7.04. The van der Waals surface area contributed by atoms with Gasteiger partial charge in [-0.1, -0.05) is 46.3 Å². The van der Waals surface area contributed by atoms with Crippen molar-refractivity contribution in [2.24, 2.45) is 0 Å². The van der Waals surface area contributed by atoms with Crippen LogP contribution >= 0.6 is 22.9 Å². The summed E-state index contributed by atoms with van der Waals surface area (Å²) in [5, 5.41) is 16.4. The molecule has 1 aromatic carbocycles. The van der Waals surface area contributed by atoms with E-state index in [1.807, 2.05) is 12.1 Å². The summed E-state index contributed by atoms with van der Waals surface area (Å²) < 4.78 is 5.20. The zero-order valence-electron chi connectivity index (χ0n) is 13.5. The van der Waals surface area contributed by atoms with Gasteiger partial charge in [-0.25, -0.2) is 0 Å². The van der Waals surface area contributed by atoms with Gasteiger partial charge in [0, 0.05) is 18.5 Å². The number of nitrogens with one attached hydrogen (secondary N) is 1. The summed E-state index contributed by atoms with van der Waals surface area (Å²) in [5.74, 6) is 0.203. The van der Waals surface area contributed by atoms with Crippen LogP contribution in [0.4, 0.5) is 5.13 Å². The van der Waals surface area contributed by atoms with Crippen molar-refractivity contribution in [3.63, 3.8) is 0 Å². The Kier molecular flexibility index (Phi) is 5.30. The minimum absolute atomic E-state index is 0.245. The number of hydrogen-bond donors (Lipinski definition) is 2. The lowest BCUT2D eigenvalue weighted by Gasteiger charge is -2.06. The molecule has 0 saturated carbocycles. The predicted molar refractivity (Wildman–Crippen MR) is 96.7 cm³/mol. The van der Waals surface area contributed by atoms with Crippen LogP contribution in [0.25, 0.3) is 11.3 Å². The molecule has 0 saturated heterocycles. The van der Waals surface area contributed by atoms with E-state index in [0.717, 1.165) is 11.4 Å². The molecule has 0 spiro atoms. The van der Waals surface area contributed by atoms with Gasteiger partial charge in [0.2, 0.25) is 5.13 Å². The highest BCUT2D eigenvalue weighted by atomic mass is 35.5. The number of aryl methyl sites for hydroxylation is 2. The Morgan fingerprint density at radius 2 is 2.16 bits per heavy atom. The van der Waals surface area contributed by atoms with E-state index < -0.39 is 0 Å². The second-order valence-corrected chi connectivity index (χ2v) is 6.84. The summed E-state index contributed by atoms with van der Waals surface area (Å²) in [6.45, 7) is 2.19. The average molecular weight is 378 g/mol. The van der Waals surface area contributed by atoms with Crippen LogP contribution in [-0.4, -0.2) is 27.8 Å². The largest absolute Gasteiger partial charge is 0.374 e. The fraction of sp³-hybridized carbons (Fsp3) is 0.250. The van der Waals surface area contributed by atoms with E-state index >= 15 is 0 Å². The number of amides is 1. The van der Waals surface area contributed by atoms with Crippen molar-refractivity contribution >= 4 is 34.0 Å². The number of halogens is 1. The number of rotatable bonds is 6. The van der Waals surface area contributed by atoms with Crippen molar-refractivity contribution in [1.82, 2.24) is 20.7 Å². The number of aromatic nitrogens is 3. The Balaban J connectivity index is 1.66. The van der Waals surface area contributed by atoms with Crippen LogP contribution in [0, 0.1) is 6.92 Å². The van der Waals surface area contributed by atoms with Crippen LogP contribution in [0.15, 0.2) is 28.8 Å². The van der Waals surface area contributed by atoms with Crippen LogP contribution in [0.5, 0.6) is 0 Å². The minimum Gasteiger partial charge on any atom is -0.374 e. The first kappa shape index (κ1) is 17.4. The van der Waals surface area contributed by atoms with Crippen molar-refractivity contribution in [3.8, 4) is 11.3 Å². The molecule has 0 aliphatic carbocycles. The van der Waals surface area contributed by atoms with Crippen molar-refractivity contribution in [2.75, 3.05) is 12.3 Å². The first-order valence-electron chi connectivity index (χ1n) is 7.63. The molecule has 3 rings (SSSR count). The van der Waals surface area contributed by atoms with E-state index in [1.54, 1.807) is 19.1 Å². The third-order valence-corrected chi connectivity index (χ3v) is 4.70. The summed E-state index contributed by atoms with van der Waals surface area (Å²) in [4.78, 5) is 12.5. The summed E-state index contributed by atoms with van der Waals surface area (Å²) in [7, 11) is 0. The number of anilines is 1. The van der Waals surface area contributed by atoms with E-state index in [2.05, 4.69) is 20.7 Å². The van der Waals surface area contributed by atoms with Gasteiger partial charge >= 0.3 is 0 Å². The maximum absolute atomic E-state index is 12.5. The molecule has 9 heteroatoms. The molecule has 0 aliphatic heterocycles. The fourth-order valence-corrected chi connectivity index (χ4v) is 3.25. The third kappa shape index (κ3) is 3.97. The minimum atomic E-state index is -0.245. The Morgan fingerprint density at radius 1 is 1.36 bits per heavy atom. The highest BCUT2D eigenvalue weighted by Gasteiger charge is 2.22. The number of carbonyl (C=O) groups excluding carboxylic acids is 1. The highest BCUT2D eigenvalue weighted by Crippen LogP contribution is 2.30. The molecule has 25 heavy (non-hydrogen) atoms. The molecule has 3 aromatic rings. The lowest BCUT2D eigenvalue weighted by atomic mass is 10.1. The van der Waals surface area contributed by atoms with Gasteiger partial charge in [0.1, 0.15) is 22.0 Å². The SMILES string of the molecule is Cc1onc(-c2ccccc2Cl)c1C(=O)NCCCc1nnc(N)s1. The molecule has 0 fully saturated rings. The van der Waals surface area contributed by atoms with Crippen LogP contribution in [0.3, 0.4) is 0 Å². The normalized spacial score (nSPS) is 10.8. The smallest absolute Gasteiger partial charge is 0.257 e. The first-order chi connectivity index (χ1) is 12.1. The van der Waals surface area contributed by atoms with Gasteiger partial charge in [-0.15, -0.1) is 10.2 Å². The quantitative estimate of drug-likeness (QED) is 0.639. The van der Waals surface area contributed by atoms with Crippen LogP contribution in [-0.2, 0) is 6.42 Å². The van der Waals surface area contributed by atoms with Gasteiger partial charge in [0.15, 0.2) is 0 Å². The number of nitrogen functional groups attached to an aromatic ring is 1. The Hall–Kier alpha value is -2.45. The second kappa shape index (κ2) is 7.62. The van der Waals surface area contributed by atoms with Crippen molar-refractivity contribution in [3.05, 3.63) is 45.6 Å². The van der Waals surface area contributed by atoms with Gasteiger partial charge in [0.25, 0.3) is 5.91 Å². The maximum Gasteiger partial charge on any atom is 0.257 e. The van der Waals surface area contributed by atoms with E-state index in [0.29, 0.717) is 45.7 Å². The fourth-order valence-electron chi connectivity index (χ4n) is 2.37. The van der Waals surface area contributed by atoms with E-state index in [4.69, 9.17) is 21.9 Å². The second-order valence-electron chi connectivity index (χ2n) is 5.34. The van der Waals surface area contributed by atoms with E-state index in [-0.39, 0.29) is 5.91 Å². The van der Waals surface area contributed by atoms with Gasteiger partial charge in [-0.2, -0.15) is 0 Å². The molecule has 7 nitrogen and oxygen atoms in total. The lowest BCUT2D eigenvalue weighted by molar-refractivity contribution is 0.0952. The van der Waals surface area contributed by atoms with Gasteiger partial charge in [-0.05, 0) is 19.4 Å². The molecular formula is C16H16ClN5O2S. The Labute approximate surface area is 153 Å². The highest BCUT2D eigenvalue weighted by molar-refractivity contribution is 7.15. The Morgan fingerprint density at radius 3 is 2.88 bits per heavy atom. The predicted octanol–water partition coefficient (Wildman–Crippen LogP) is 3.10. The molecule has 2 heterocycles. The standard InChI is InChI=1S/C16H16ClN5O2S/c1-9-13(14(22-24-9)10-5-2-3-6-11(10)17)15(23)19-8-4-7-12-20-21-16(18)25-12/h2-3,5-6H,4,7-8H2,1H3,(H2,18,21)(H,19,23). The van der Waals surface area contributed by atoms with Crippen molar-refractivity contribution in [2.45, 2.75) is 19.8 Å². The number of benzene rings is 1. The molecule has 2 aromatic heterocycles. The third-order valence-electron chi connectivity index (χ3n) is 3.55. The molecule has 130 valence electrons. The molecule has 0 aliphatic rings. The molecular weight excluding hydrogens is 362 g/mol. The molecule has 3 N–H and O–H groups in total. The number of hydrogen-bond acceptors (Lipinski definition) is 7. The van der Waals surface area contributed by atoms with Crippen molar-refractivity contribution in [1.29, 1.82) is 0 Å². The number of nitrogens with zero attached hydrogens (tertiary/aromatic N) is 3. The topological polar surface area (TPSA) is 107 Å². The Bertz CT molecular complexity index is 892. The number of nitrogens with two attached hydrogens (primary N) is 1. The zero-order chi connectivity index (χ0) is 17.8. The molecule has 1 amide bonds. The van der Waals surface area contributed by atoms with Crippen LogP contribution < -0.4 is 11.1 Å².